The third kappa shape index (κ3) is 4.97. The lowest BCUT2D eigenvalue weighted by Crippen LogP contribution is -2.40. The summed E-state index contributed by atoms with van der Waals surface area (Å²) < 4.78 is 14.1. The summed E-state index contributed by atoms with van der Waals surface area (Å²) in [6.45, 7) is 7.50. The molecule has 1 atom stereocenters. The molecule has 2 heterocycles. The minimum atomic E-state index is -0.779. The summed E-state index contributed by atoms with van der Waals surface area (Å²) >= 11 is 4.59. The number of ether oxygens (including phenoxy) is 2. The molecule has 1 N–H and O–H groups in total. The topological polar surface area (TPSA) is 90.1 Å². The molecule has 0 unspecified atom stereocenters. The van der Waals surface area contributed by atoms with Crippen LogP contribution in [0.1, 0.15) is 44.9 Å². The first-order valence-corrected chi connectivity index (χ1v) is 12.8. The average molecular weight is 557 g/mol. The highest BCUT2D eigenvalue weighted by Gasteiger charge is 2.35. The number of phenolic OH excluding ortho intramolecular Hbond substituents is 1. The Kier molecular flexibility index (Phi) is 7.28. The Balaban J connectivity index is 2.00. The molecule has 0 bridgehead atoms. The van der Waals surface area contributed by atoms with Gasteiger partial charge in [0.1, 0.15) is 17.5 Å². The molecular weight excluding hydrogens is 532 g/mol. The molecule has 0 fully saturated rings. The molecule has 9 heteroatoms. The van der Waals surface area contributed by atoms with Gasteiger partial charge in [-0.2, -0.15) is 0 Å². The van der Waals surface area contributed by atoms with Gasteiger partial charge in [-0.15, -0.1) is 0 Å². The summed E-state index contributed by atoms with van der Waals surface area (Å²) in [5.41, 5.74) is 1.59. The number of aromatic hydroxyl groups is 1. The second kappa shape index (κ2) is 10.2. The van der Waals surface area contributed by atoms with Gasteiger partial charge in [-0.05, 0) is 58.0 Å². The summed E-state index contributed by atoms with van der Waals surface area (Å²) in [5.74, 6) is 0.0925. The van der Waals surface area contributed by atoms with Crippen LogP contribution in [-0.4, -0.2) is 28.4 Å². The van der Waals surface area contributed by atoms with Crippen LogP contribution in [0, 0.1) is 0 Å². The molecule has 4 rings (SSSR count). The van der Waals surface area contributed by atoms with Gasteiger partial charge in [0.2, 0.25) is 0 Å². The smallest absolute Gasteiger partial charge is 0.338 e. The average Bonchev–Trinajstić information content (AvgIpc) is 3.10. The van der Waals surface area contributed by atoms with E-state index in [1.165, 1.54) is 15.9 Å². The molecule has 0 saturated carbocycles. The number of thiazole rings is 1. The van der Waals surface area contributed by atoms with E-state index in [9.17, 15) is 14.7 Å². The lowest BCUT2D eigenvalue weighted by atomic mass is 9.95. The second-order valence-electron chi connectivity index (χ2n) is 8.21. The van der Waals surface area contributed by atoms with E-state index in [1.54, 1.807) is 38.1 Å². The highest BCUT2D eigenvalue weighted by molar-refractivity contribution is 9.10. The maximum Gasteiger partial charge on any atom is 0.338 e. The number of allylic oxidation sites excluding steroid dienone is 1. The van der Waals surface area contributed by atoms with Crippen LogP contribution in [0.3, 0.4) is 0 Å². The van der Waals surface area contributed by atoms with Gasteiger partial charge < -0.3 is 14.6 Å². The number of para-hydroxylation sites is 1. The molecule has 0 aliphatic carbocycles. The molecule has 1 aliphatic rings. The summed E-state index contributed by atoms with van der Waals surface area (Å²) in [4.78, 5) is 31.9. The molecule has 182 valence electrons. The van der Waals surface area contributed by atoms with E-state index in [-0.39, 0.29) is 29.6 Å². The summed E-state index contributed by atoms with van der Waals surface area (Å²) in [6, 6.07) is 11.6. The van der Waals surface area contributed by atoms with Crippen LogP contribution < -0.4 is 19.6 Å². The van der Waals surface area contributed by atoms with Gasteiger partial charge in [0.25, 0.3) is 5.56 Å². The Bertz CT molecular complexity index is 1500. The Morgan fingerprint density at radius 1 is 1.29 bits per heavy atom. The molecule has 2 aromatic carbocycles. The number of hydrogen-bond donors (Lipinski definition) is 1. The molecule has 0 saturated heterocycles. The van der Waals surface area contributed by atoms with Crippen LogP contribution in [0.2, 0.25) is 0 Å². The van der Waals surface area contributed by atoms with E-state index in [0.29, 0.717) is 31.9 Å². The van der Waals surface area contributed by atoms with Crippen LogP contribution in [0.15, 0.2) is 68.0 Å². The van der Waals surface area contributed by atoms with Crippen LogP contribution in [0.4, 0.5) is 0 Å². The quantitative estimate of drug-likeness (QED) is 0.462. The number of fused-ring (bicyclic) bond motifs is 1. The zero-order valence-electron chi connectivity index (χ0n) is 19.7. The van der Waals surface area contributed by atoms with E-state index < -0.39 is 12.0 Å². The predicted molar refractivity (Wildman–Crippen MR) is 138 cm³/mol. The van der Waals surface area contributed by atoms with Gasteiger partial charge in [0.05, 0.1) is 28.5 Å². The normalized spacial score (nSPS) is 15.7. The fourth-order valence-corrected chi connectivity index (χ4v) is 5.35. The first-order valence-electron chi connectivity index (χ1n) is 11.1. The highest BCUT2D eigenvalue weighted by Crippen LogP contribution is 2.36. The Hall–Kier alpha value is -3.17. The van der Waals surface area contributed by atoms with Gasteiger partial charge in [-0.1, -0.05) is 45.5 Å². The van der Waals surface area contributed by atoms with Crippen molar-refractivity contribution in [2.24, 2.45) is 4.99 Å². The minimum absolute atomic E-state index is 0.0506. The number of halogens is 1. The number of carbonyl (C=O) groups is 1. The largest absolute Gasteiger partial charge is 0.507 e. The first kappa shape index (κ1) is 24.9. The molecule has 0 radical (unpaired) electrons. The van der Waals surface area contributed by atoms with E-state index in [4.69, 9.17) is 9.47 Å². The van der Waals surface area contributed by atoms with E-state index in [1.807, 2.05) is 38.1 Å². The number of rotatable bonds is 6. The molecule has 1 aliphatic heterocycles. The van der Waals surface area contributed by atoms with Crippen LogP contribution in [0.25, 0.3) is 6.08 Å². The van der Waals surface area contributed by atoms with Gasteiger partial charge in [0.15, 0.2) is 4.80 Å². The van der Waals surface area contributed by atoms with Crippen LogP contribution in [0.5, 0.6) is 11.5 Å². The minimum Gasteiger partial charge on any atom is -0.507 e. The van der Waals surface area contributed by atoms with Gasteiger partial charge >= 0.3 is 5.97 Å². The second-order valence-corrected chi connectivity index (χ2v) is 10.1. The van der Waals surface area contributed by atoms with Crippen molar-refractivity contribution < 1.29 is 19.4 Å². The maximum absolute atomic E-state index is 13.7. The highest BCUT2D eigenvalue weighted by atomic mass is 79.9. The molecule has 35 heavy (non-hydrogen) atoms. The molecular formula is C26H25BrN2O5S. The Morgan fingerprint density at radius 3 is 2.74 bits per heavy atom. The number of phenols is 1. The van der Waals surface area contributed by atoms with Crippen molar-refractivity contribution in [3.8, 4) is 11.5 Å². The van der Waals surface area contributed by atoms with Crippen molar-refractivity contribution in [1.29, 1.82) is 0 Å². The summed E-state index contributed by atoms with van der Waals surface area (Å²) in [5, 5.41) is 10.3. The summed E-state index contributed by atoms with van der Waals surface area (Å²) in [7, 11) is 0. The first-order chi connectivity index (χ1) is 16.7. The van der Waals surface area contributed by atoms with E-state index in [2.05, 4.69) is 20.9 Å². The Labute approximate surface area is 214 Å². The molecule has 0 spiro atoms. The number of hydrogen-bond acceptors (Lipinski definition) is 7. The van der Waals surface area contributed by atoms with Crippen molar-refractivity contribution in [2.45, 2.75) is 39.8 Å². The number of esters is 1. The third-order valence-electron chi connectivity index (χ3n) is 5.37. The number of carbonyl (C=O) groups excluding carboxylic acids is 1. The van der Waals surface area contributed by atoms with Gasteiger partial charge in [-0.25, -0.2) is 9.79 Å². The summed E-state index contributed by atoms with van der Waals surface area (Å²) in [6.07, 6.45) is 1.52. The number of aromatic nitrogens is 1. The zero-order valence-corrected chi connectivity index (χ0v) is 22.1. The van der Waals surface area contributed by atoms with Crippen molar-refractivity contribution in [3.63, 3.8) is 0 Å². The van der Waals surface area contributed by atoms with Crippen molar-refractivity contribution in [2.75, 3.05) is 6.61 Å². The number of benzene rings is 2. The zero-order chi connectivity index (χ0) is 25.3. The van der Waals surface area contributed by atoms with Crippen molar-refractivity contribution in [3.05, 3.63) is 89.0 Å². The molecule has 3 aromatic rings. The fraction of sp³-hybridized carbons (Fsp3) is 0.269. The van der Waals surface area contributed by atoms with E-state index in [0.717, 1.165) is 4.47 Å². The predicted octanol–water partition coefficient (Wildman–Crippen LogP) is 4.05. The van der Waals surface area contributed by atoms with Crippen LogP contribution in [-0.2, 0) is 9.53 Å². The standard InChI is InChI=1S/C26H25BrN2O5S/c1-5-33-25(32)22-15(4)28-26-29(23(22)18-8-6-7-9-20(18)34-14(2)3)24(31)21(35-26)13-16-12-17(27)10-11-19(16)30/h6-14,23,30H,5H2,1-4H3/b21-13-/t23-/m0/s1. The lowest BCUT2D eigenvalue weighted by Gasteiger charge is -2.26. The van der Waals surface area contributed by atoms with Crippen molar-refractivity contribution >= 4 is 39.3 Å². The van der Waals surface area contributed by atoms with E-state index >= 15 is 0 Å². The number of nitrogens with zero attached hydrogens (tertiary/aromatic N) is 2. The molecule has 0 amide bonds. The van der Waals surface area contributed by atoms with Crippen molar-refractivity contribution in [1.82, 2.24) is 4.57 Å². The van der Waals surface area contributed by atoms with Gasteiger partial charge in [-0.3, -0.25) is 9.36 Å². The fourth-order valence-electron chi connectivity index (χ4n) is 3.94. The third-order valence-corrected chi connectivity index (χ3v) is 6.85. The monoisotopic (exact) mass is 556 g/mol. The SMILES string of the molecule is CCOC(=O)C1=C(C)N=c2s/c(=C\c3cc(Br)ccc3O)c(=O)n2[C@H]1c1ccccc1OC(C)C. The maximum atomic E-state index is 13.7. The lowest BCUT2D eigenvalue weighted by molar-refractivity contribution is -0.139. The molecule has 7 nitrogen and oxygen atoms in total. The Morgan fingerprint density at radius 2 is 2.03 bits per heavy atom. The molecule has 1 aromatic heterocycles. The van der Waals surface area contributed by atoms with Gasteiger partial charge in [0, 0.05) is 15.6 Å². The van der Waals surface area contributed by atoms with Crippen LogP contribution >= 0.6 is 27.3 Å².